The van der Waals surface area contributed by atoms with Gasteiger partial charge in [0.25, 0.3) is 0 Å². The molecule has 10 aromatic rings. The van der Waals surface area contributed by atoms with Crippen molar-refractivity contribution in [1.29, 1.82) is 0 Å². The Morgan fingerprint density at radius 3 is 1.76 bits per heavy atom. The molecule has 11 rings (SSSR count). The third-order valence-electron chi connectivity index (χ3n) is 11.6. The Morgan fingerprint density at radius 1 is 0.444 bits per heavy atom. The minimum atomic E-state index is -0.201. The molecular weight excluding hydrogens is 657 g/mol. The zero-order valence-corrected chi connectivity index (χ0v) is 30.1. The second-order valence-electron chi connectivity index (χ2n) is 15.0. The van der Waals surface area contributed by atoms with E-state index in [0.717, 1.165) is 50.1 Å². The Hall–Kier alpha value is -6.84. The lowest BCUT2D eigenvalue weighted by Gasteiger charge is -2.28. The second-order valence-corrected chi connectivity index (χ2v) is 15.0. The number of para-hydroxylation sites is 5. The van der Waals surface area contributed by atoms with Gasteiger partial charge >= 0.3 is 0 Å². The smallest absolute Gasteiger partial charge is 0.143 e. The minimum absolute atomic E-state index is 0.201. The van der Waals surface area contributed by atoms with Crippen LogP contribution in [-0.2, 0) is 5.41 Å². The topological polar surface area (TPSA) is 21.3 Å². The van der Waals surface area contributed by atoms with E-state index >= 15 is 0 Å². The van der Waals surface area contributed by atoms with Crippen LogP contribution in [0.15, 0.2) is 186 Å². The molecule has 1 aliphatic rings. The highest BCUT2D eigenvalue weighted by molar-refractivity contribution is 6.10. The molecule has 1 aliphatic carbocycles. The van der Waals surface area contributed by atoms with Gasteiger partial charge < -0.3 is 13.9 Å². The summed E-state index contributed by atoms with van der Waals surface area (Å²) < 4.78 is 8.82. The molecule has 0 radical (unpaired) electrons. The first-order valence-corrected chi connectivity index (χ1v) is 18.7. The van der Waals surface area contributed by atoms with E-state index in [1.54, 1.807) is 0 Å². The van der Waals surface area contributed by atoms with Crippen molar-refractivity contribution in [2.75, 3.05) is 4.90 Å². The fourth-order valence-electron chi connectivity index (χ4n) is 8.98. The van der Waals surface area contributed by atoms with Crippen molar-refractivity contribution in [3.63, 3.8) is 0 Å². The van der Waals surface area contributed by atoms with Gasteiger partial charge in [0.1, 0.15) is 11.2 Å². The molecule has 2 aromatic heterocycles. The second kappa shape index (κ2) is 11.6. The van der Waals surface area contributed by atoms with E-state index in [9.17, 15) is 0 Å². The molecule has 256 valence electrons. The van der Waals surface area contributed by atoms with Gasteiger partial charge in [-0.1, -0.05) is 129 Å². The van der Waals surface area contributed by atoms with Gasteiger partial charge in [-0.2, -0.15) is 0 Å². The van der Waals surface area contributed by atoms with Crippen LogP contribution in [0.5, 0.6) is 0 Å². The van der Waals surface area contributed by atoms with Crippen molar-refractivity contribution < 1.29 is 4.42 Å². The quantitative estimate of drug-likeness (QED) is 0.179. The predicted molar refractivity (Wildman–Crippen MR) is 226 cm³/mol. The Labute approximate surface area is 314 Å². The van der Waals surface area contributed by atoms with Crippen LogP contribution in [0.3, 0.4) is 0 Å². The van der Waals surface area contributed by atoms with Crippen molar-refractivity contribution >= 4 is 60.8 Å². The van der Waals surface area contributed by atoms with Gasteiger partial charge in [0.2, 0.25) is 0 Å². The lowest BCUT2D eigenvalue weighted by Crippen LogP contribution is -2.17. The molecule has 0 bridgehead atoms. The lowest BCUT2D eigenvalue weighted by atomic mass is 9.82. The maximum Gasteiger partial charge on any atom is 0.143 e. The highest BCUT2D eigenvalue weighted by Gasteiger charge is 2.36. The van der Waals surface area contributed by atoms with E-state index in [2.05, 4.69) is 193 Å². The Morgan fingerprint density at radius 2 is 1.02 bits per heavy atom. The van der Waals surface area contributed by atoms with Gasteiger partial charge in [0.05, 0.1) is 11.0 Å². The monoisotopic (exact) mass is 692 g/mol. The number of benzene rings is 8. The summed E-state index contributed by atoms with van der Waals surface area (Å²) in [6.07, 6.45) is 0. The average molecular weight is 693 g/mol. The summed E-state index contributed by atoms with van der Waals surface area (Å²) in [4.78, 5) is 2.37. The number of anilines is 3. The van der Waals surface area contributed by atoms with Gasteiger partial charge in [0.15, 0.2) is 0 Å². The summed E-state index contributed by atoms with van der Waals surface area (Å²) in [5.74, 6) is 0. The summed E-state index contributed by atoms with van der Waals surface area (Å²) >= 11 is 0. The van der Waals surface area contributed by atoms with E-state index in [1.807, 2.05) is 12.1 Å². The van der Waals surface area contributed by atoms with Crippen LogP contribution in [0.1, 0.15) is 25.0 Å². The molecule has 0 aliphatic heterocycles. The number of fused-ring (bicyclic) bond motifs is 9. The number of rotatable bonds is 5. The van der Waals surface area contributed by atoms with Crippen molar-refractivity contribution in [3.8, 4) is 27.9 Å². The first-order valence-electron chi connectivity index (χ1n) is 18.7. The summed E-state index contributed by atoms with van der Waals surface area (Å²) in [5, 5.41) is 4.84. The fraction of sp³-hybridized carbons (Fsp3) is 0.0588. The van der Waals surface area contributed by atoms with E-state index in [1.165, 1.54) is 49.7 Å². The zero-order valence-electron chi connectivity index (χ0n) is 30.1. The Balaban J connectivity index is 1.00. The first kappa shape index (κ1) is 30.8. The van der Waals surface area contributed by atoms with Gasteiger partial charge in [0, 0.05) is 55.3 Å². The molecule has 0 spiro atoms. The summed E-state index contributed by atoms with van der Waals surface area (Å²) in [7, 11) is 0. The summed E-state index contributed by atoms with van der Waals surface area (Å²) in [6.45, 7) is 4.74. The number of hydrogen-bond donors (Lipinski definition) is 0. The lowest BCUT2D eigenvalue weighted by molar-refractivity contribution is 0.660. The Kier molecular flexibility index (Phi) is 6.60. The first-order chi connectivity index (χ1) is 26.5. The average Bonchev–Trinajstić information content (AvgIpc) is 3.84. The summed E-state index contributed by atoms with van der Waals surface area (Å²) in [5.41, 5.74) is 16.2. The normalized spacial score (nSPS) is 13.1. The highest BCUT2D eigenvalue weighted by Crippen LogP contribution is 2.51. The molecule has 2 heterocycles. The molecular formula is C51H36N2O. The zero-order chi connectivity index (χ0) is 36.0. The van der Waals surface area contributed by atoms with Crippen molar-refractivity contribution in [2.24, 2.45) is 0 Å². The SMILES string of the molecule is CC1(C)c2cc(N(c3ccccc3)c3ccc(-c4cccc5c4oc4ccccc45)cc3)ccc2-c2ccc(-n3c4ccccc4c4ccccc43)cc21. The molecule has 3 nitrogen and oxygen atoms in total. The predicted octanol–water partition coefficient (Wildman–Crippen LogP) is 14.1. The van der Waals surface area contributed by atoms with Gasteiger partial charge in [-0.05, 0) is 94.5 Å². The van der Waals surface area contributed by atoms with Crippen molar-refractivity contribution in [1.82, 2.24) is 4.57 Å². The van der Waals surface area contributed by atoms with Crippen molar-refractivity contribution in [3.05, 3.63) is 193 Å². The van der Waals surface area contributed by atoms with E-state index in [0.29, 0.717) is 0 Å². The molecule has 54 heavy (non-hydrogen) atoms. The summed E-state index contributed by atoms with van der Waals surface area (Å²) in [6, 6.07) is 65.8. The van der Waals surface area contributed by atoms with Crippen LogP contribution in [-0.4, -0.2) is 4.57 Å². The molecule has 0 unspecified atom stereocenters. The largest absolute Gasteiger partial charge is 0.455 e. The molecule has 8 aromatic carbocycles. The minimum Gasteiger partial charge on any atom is -0.455 e. The Bertz CT molecular complexity index is 3020. The van der Waals surface area contributed by atoms with E-state index < -0.39 is 0 Å². The molecule has 0 fully saturated rings. The molecule has 3 heteroatoms. The van der Waals surface area contributed by atoms with E-state index in [-0.39, 0.29) is 5.41 Å². The number of hydrogen-bond acceptors (Lipinski definition) is 2. The van der Waals surface area contributed by atoms with Crippen LogP contribution in [0.2, 0.25) is 0 Å². The molecule has 0 atom stereocenters. The highest BCUT2D eigenvalue weighted by atomic mass is 16.3. The van der Waals surface area contributed by atoms with Crippen LogP contribution in [0, 0.1) is 0 Å². The number of aromatic nitrogens is 1. The molecule has 0 amide bonds. The molecule has 0 N–H and O–H groups in total. The van der Waals surface area contributed by atoms with E-state index in [4.69, 9.17) is 4.42 Å². The fourth-order valence-corrected chi connectivity index (χ4v) is 8.98. The van der Waals surface area contributed by atoms with Gasteiger partial charge in [-0.3, -0.25) is 0 Å². The maximum absolute atomic E-state index is 6.40. The third-order valence-corrected chi connectivity index (χ3v) is 11.6. The third kappa shape index (κ3) is 4.48. The van der Waals surface area contributed by atoms with Crippen LogP contribution in [0.4, 0.5) is 17.1 Å². The molecule has 0 saturated carbocycles. The number of nitrogens with zero attached hydrogens (tertiary/aromatic N) is 2. The van der Waals surface area contributed by atoms with Crippen LogP contribution in [0.25, 0.3) is 71.7 Å². The van der Waals surface area contributed by atoms with Crippen LogP contribution < -0.4 is 4.90 Å². The standard InChI is InChI=1S/C51H36N2O/c1-51(2)45-31-36(27-29-39(45)40-30-28-37(32-46(40)51)53-47-20-9-6-15-41(47)42-16-7-10-21-48(42)53)52(34-13-4-3-5-14-34)35-25-23-33(24-26-35)38-18-12-19-44-43-17-8-11-22-49(43)54-50(38)44/h3-32H,1-2H3. The molecule has 0 saturated heterocycles. The van der Waals surface area contributed by atoms with Gasteiger partial charge in [-0.25, -0.2) is 0 Å². The van der Waals surface area contributed by atoms with Crippen molar-refractivity contribution in [2.45, 2.75) is 19.3 Å². The van der Waals surface area contributed by atoms with Gasteiger partial charge in [-0.15, -0.1) is 0 Å². The van der Waals surface area contributed by atoms with Crippen LogP contribution >= 0.6 is 0 Å². The maximum atomic E-state index is 6.40. The number of furan rings is 1.